The number of benzene rings is 1. The molecule has 0 saturated carbocycles. The quantitative estimate of drug-likeness (QED) is 0.796. The molecule has 108 valence electrons. The Kier molecular flexibility index (Phi) is 4.82. The maximum atomic E-state index is 11.8. The van der Waals surface area contributed by atoms with Crippen molar-refractivity contribution in [3.8, 4) is 0 Å². The van der Waals surface area contributed by atoms with Gasteiger partial charge in [-0.25, -0.2) is 4.79 Å². The summed E-state index contributed by atoms with van der Waals surface area (Å²) in [5.41, 5.74) is 0.0900. The predicted molar refractivity (Wildman–Crippen MR) is 82.5 cm³/mol. The van der Waals surface area contributed by atoms with E-state index in [-0.39, 0.29) is 11.3 Å². The first-order valence-electron chi connectivity index (χ1n) is 5.73. The van der Waals surface area contributed by atoms with E-state index >= 15 is 0 Å². The highest BCUT2D eigenvalue weighted by atomic mass is 79.9. The summed E-state index contributed by atoms with van der Waals surface area (Å²) in [6.07, 6.45) is 2.70. The van der Waals surface area contributed by atoms with E-state index in [0.29, 0.717) is 15.5 Å². The standard InChI is InChI=1S/C14H9BrClNO4/c15-12-5-2-9(21-12)3-6-13(18)17-11-7-8(16)1-4-10(11)14(19)20/h1-7H,(H,17,18)(H,19,20)/b6-3+. The van der Waals surface area contributed by atoms with Crippen molar-refractivity contribution in [2.75, 3.05) is 5.32 Å². The second-order valence-electron chi connectivity index (χ2n) is 3.96. The van der Waals surface area contributed by atoms with Crippen molar-refractivity contribution in [1.82, 2.24) is 0 Å². The summed E-state index contributed by atoms with van der Waals surface area (Å²) in [6.45, 7) is 0. The fourth-order valence-corrected chi connectivity index (χ4v) is 2.05. The van der Waals surface area contributed by atoms with Gasteiger partial charge < -0.3 is 14.8 Å². The van der Waals surface area contributed by atoms with E-state index < -0.39 is 11.9 Å². The van der Waals surface area contributed by atoms with Crippen LogP contribution in [0.1, 0.15) is 16.1 Å². The molecule has 0 aliphatic heterocycles. The highest BCUT2D eigenvalue weighted by molar-refractivity contribution is 9.10. The van der Waals surface area contributed by atoms with Gasteiger partial charge in [-0.2, -0.15) is 0 Å². The van der Waals surface area contributed by atoms with Gasteiger partial charge in [-0.3, -0.25) is 4.79 Å². The van der Waals surface area contributed by atoms with Gasteiger partial charge in [0.2, 0.25) is 5.91 Å². The Labute approximate surface area is 133 Å². The molecule has 2 rings (SSSR count). The summed E-state index contributed by atoms with van der Waals surface area (Å²) < 4.78 is 5.75. The lowest BCUT2D eigenvalue weighted by Gasteiger charge is -2.06. The van der Waals surface area contributed by atoms with Gasteiger partial charge >= 0.3 is 5.97 Å². The molecule has 21 heavy (non-hydrogen) atoms. The summed E-state index contributed by atoms with van der Waals surface area (Å²) >= 11 is 8.94. The van der Waals surface area contributed by atoms with Gasteiger partial charge in [0.15, 0.2) is 4.67 Å². The van der Waals surface area contributed by atoms with E-state index in [2.05, 4.69) is 21.2 Å². The molecule has 0 atom stereocenters. The van der Waals surface area contributed by atoms with Crippen molar-refractivity contribution in [2.45, 2.75) is 0 Å². The SMILES string of the molecule is O=C(/C=C/c1ccc(Br)o1)Nc1cc(Cl)ccc1C(=O)O. The lowest BCUT2D eigenvalue weighted by Crippen LogP contribution is -2.12. The zero-order chi connectivity index (χ0) is 15.4. The minimum absolute atomic E-state index is 0.0399. The van der Waals surface area contributed by atoms with Crippen molar-refractivity contribution >= 4 is 51.2 Å². The lowest BCUT2D eigenvalue weighted by molar-refractivity contribution is -0.111. The van der Waals surface area contributed by atoms with Gasteiger partial charge in [0, 0.05) is 11.1 Å². The molecule has 0 bridgehead atoms. The number of aromatic carboxylic acids is 1. The van der Waals surface area contributed by atoms with Gasteiger partial charge in [-0.15, -0.1) is 0 Å². The molecule has 0 unspecified atom stereocenters. The lowest BCUT2D eigenvalue weighted by atomic mass is 10.2. The number of anilines is 1. The third kappa shape index (κ3) is 4.21. The molecule has 0 fully saturated rings. The van der Waals surface area contributed by atoms with Crippen LogP contribution in [0.15, 0.2) is 45.5 Å². The fraction of sp³-hybridized carbons (Fsp3) is 0. The summed E-state index contributed by atoms with van der Waals surface area (Å²) in [5.74, 6) is -1.16. The second kappa shape index (κ2) is 6.60. The van der Waals surface area contributed by atoms with E-state index in [1.54, 1.807) is 12.1 Å². The van der Waals surface area contributed by atoms with Crippen LogP contribution in [-0.2, 0) is 4.79 Å². The maximum absolute atomic E-state index is 11.8. The first kappa shape index (κ1) is 15.3. The normalized spacial score (nSPS) is 10.8. The fourth-order valence-electron chi connectivity index (χ4n) is 1.56. The molecule has 5 nitrogen and oxygen atoms in total. The molecule has 1 heterocycles. The number of amides is 1. The second-order valence-corrected chi connectivity index (χ2v) is 5.18. The number of carbonyl (C=O) groups excluding carboxylic acids is 1. The summed E-state index contributed by atoms with van der Waals surface area (Å²) in [5, 5.41) is 11.8. The van der Waals surface area contributed by atoms with E-state index in [9.17, 15) is 9.59 Å². The molecule has 1 aromatic carbocycles. The molecule has 0 radical (unpaired) electrons. The van der Waals surface area contributed by atoms with Crippen molar-refractivity contribution < 1.29 is 19.1 Å². The molecule has 2 N–H and O–H groups in total. The van der Waals surface area contributed by atoms with Crippen LogP contribution in [0.4, 0.5) is 5.69 Å². The molecule has 2 aromatic rings. The summed E-state index contributed by atoms with van der Waals surface area (Å²) in [6, 6.07) is 7.51. The largest absolute Gasteiger partial charge is 0.478 e. The molecule has 0 aliphatic rings. The van der Waals surface area contributed by atoms with Gasteiger partial charge in [0.1, 0.15) is 5.76 Å². The van der Waals surface area contributed by atoms with Gasteiger partial charge in [-0.05, 0) is 52.3 Å². The van der Waals surface area contributed by atoms with Crippen LogP contribution in [0.2, 0.25) is 5.02 Å². The number of hydrogen-bond donors (Lipinski definition) is 2. The van der Waals surface area contributed by atoms with Crippen molar-refractivity contribution in [2.24, 2.45) is 0 Å². The van der Waals surface area contributed by atoms with Crippen LogP contribution in [0.3, 0.4) is 0 Å². The number of halogens is 2. The van der Waals surface area contributed by atoms with Gasteiger partial charge in [0.05, 0.1) is 11.3 Å². The summed E-state index contributed by atoms with van der Waals surface area (Å²) in [7, 11) is 0. The number of furan rings is 1. The monoisotopic (exact) mass is 369 g/mol. The van der Waals surface area contributed by atoms with E-state index in [0.717, 1.165) is 0 Å². The first-order valence-corrected chi connectivity index (χ1v) is 6.90. The minimum Gasteiger partial charge on any atom is -0.478 e. The maximum Gasteiger partial charge on any atom is 0.337 e. The molecule has 0 saturated heterocycles. The third-order valence-electron chi connectivity index (χ3n) is 2.46. The van der Waals surface area contributed by atoms with Crippen LogP contribution in [0, 0.1) is 0 Å². The molecule has 1 amide bonds. The van der Waals surface area contributed by atoms with Crippen LogP contribution in [0.5, 0.6) is 0 Å². The van der Waals surface area contributed by atoms with E-state index in [1.807, 2.05) is 0 Å². The highest BCUT2D eigenvalue weighted by Crippen LogP contribution is 2.21. The number of hydrogen-bond acceptors (Lipinski definition) is 3. The van der Waals surface area contributed by atoms with Crippen molar-refractivity contribution in [3.63, 3.8) is 0 Å². The zero-order valence-electron chi connectivity index (χ0n) is 10.5. The number of carboxylic acid groups (broad SMARTS) is 1. The zero-order valence-corrected chi connectivity index (χ0v) is 12.8. The molecule has 0 spiro atoms. The summed E-state index contributed by atoms with van der Waals surface area (Å²) in [4.78, 5) is 22.9. The Morgan fingerprint density at radius 2 is 2.05 bits per heavy atom. The Balaban J connectivity index is 2.14. The topological polar surface area (TPSA) is 79.5 Å². The van der Waals surface area contributed by atoms with Crippen LogP contribution in [-0.4, -0.2) is 17.0 Å². The average Bonchev–Trinajstić information content (AvgIpc) is 2.82. The highest BCUT2D eigenvalue weighted by Gasteiger charge is 2.12. The van der Waals surface area contributed by atoms with Gasteiger partial charge in [0.25, 0.3) is 0 Å². The first-order chi connectivity index (χ1) is 9.95. The Bertz CT molecular complexity index is 724. The molecule has 7 heteroatoms. The number of rotatable bonds is 4. The number of carbonyl (C=O) groups is 2. The molecule has 1 aromatic heterocycles. The Hall–Kier alpha value is -2.05. The molecular weight excluding hydrogens is 362 g/mol. The van der Waals surface area contributed by atoms with Crippen molar-refractivity contribution in [1.29, 1.82) is 0 Å². The number of carboxylic acids is 1. The van der Waals surface area contributed by atoms with Crippen molar-refractivity contribution in [3.05, 3.63) is 57.4 Å². The van der Waals surface area contributed by atoms with E-state index in [1.165, 1.54) is 30.4 Å². The molecule has 0 aliphatic carbocycles. The smallest absolute Gasteiger partial charge is 0.337 e. The van der Waals surface area contributed by atoms with E-state index in [4.69, 9.17) is 21.1 Å². The van der Waals surface area contributed by atoms with Crippen LogP contribution in [0.25, 0.3) is 6.08 Å². The third-order valence-corrected chi connectivity index (χ3v) is 3.12. The average molecular weight is 371 g/mol. The minimum atomic E-state index is -1.15. The van der Waals surface area contributed by atoms with Crippen LogP contribution < -0.4 is 5.32 Å². The predicted octanol–water partition coefficient (Wildman–Crippen LogP) is 4.05. The van der Waals surface area contributed by atoms with Gasteiger partial charge in [-0.1, -0.05) is 11.6 Å². The Morgan fingerprint density at radius 1 is 1.29 bits per heavy atom. The number of nitrogens with one attached hydrogen (secondary N) is 1. The molecular formula is C14H9BrClNO4. The van der Waals surface area contributed by atoms with Crippen LogP contribution >= 0.6 is 27.5 Å². The Morgan fingerprint density at radius 3 is 2.67 bits per heavy atom.